The summed E-state index contributed by atoms with van der Waals surface area (Å²) in [5.74, 6) is 0.515. The summed E-state index contributed by atoms with van der Waals surface area (Å²) < 4.78 is 0. The van der Waals surface area contributed by atoms with Crippen molar-refractivity contribution in [1.82, 2.24) is 4.90 Å². The van der Waals surface area contributed by atoms with E-state index >= 15 is 0 Å². The standard InChI is InChI=1S/C8H12N4/c1-6-7(3-4-9)12(2)5-11-8(6)10/h3-5,9H,10H2,1-2H3. The minimum absolute atomic E-state index is 0.515. The van der Waals surface area contributed by atoms with Gasteiger partial charge in [0.25, 0.3) is 0 Å². The summed E-state index contributed by atoms with van der Waals surface area (Å²) in [5, 5.41) is 6.95. The third kappa shape index (κ3) is 1.37. The maximum Gasteiger partial charge on any atom is 0.130 e. The monoisotopic (exact) mass is 164 g/mol. The minimum Gasteiger partial charge on any atom is -0.383 e. The maximum atomic E-state index is 6.95. The fraction of sp³-hybridized carbons (Fsp3) is 0.250. The molecule has 0 aromatic rings. The van der Waals surface area contributed by atoms with E-state index in [-0.39, 0.29) is 0 Å². The number of nitrogens with zero attached hydrogens (tertiary/aromatic N) is 2. The van der Waals surface area contributed by atoms with Crippen molar-refractivity contribution in [3.05, 3.63) is 23.2 Å². The van der Waals surface area contributed by atoms with Gasteiger partial charge < -0.3 is 16.0 Å². The van der Waals surface area contributed by atoms with E-state index in [9.17, 15) is 0 Å². The molecule has 0 aromatic carbocycles. The van der Waals surface area contributed by atoms with Crippen LogP contribution in [0.1, 0.15) is 6.92 Å². The zero-order valence-corrected chi connectivity index (χ0v) is 7.20. The van der Waals surface area contributed by atoms with Crippen molar-refractivity contribution in [2.45, 2.75) is 6.92 Å². The van der Waals surface area contributed by atoms with Gasteiger partial charge in [-0.2, -0.15) is 0 Å². The first-order valence-electron chi connectivity index (χ1n) is 3.61. The number of hydrogen-bond acceptors (Lipinski definition) is 4. The smallest absolute Gasteiger partial charge is 0.130 e. The molecule has 0 bridgehead atoms. The Kier molecular flexibility index (Phi) is 2.28. The lowest BCUT2D eigenvalue weighted by Gasteiger charge is -2.22. The number of nitrogens with one attached hydrogen (secondary N) is 1. The summed E-state index contributed by atoms with van der Waals surface area (Å²) in [4.78, 5) is 5.80. The molecule has 0 fully saturated rings. The average molecular weight is 164 g/mol. The average Bonchev–Trinajstić information content (AvgIpc) is 2.06. The second-order valence-corrected chi connectivity index (χ2v) is 2.58. The predicted octanol–water partition coefficient (Wildman–Crippen LogP) is 0.684. The molecule has 1 heterocycles. The number of rotatable bonds is 1. The number of allylic oxidation sites excluding steroid dienone is 2. The molecule has 64 valence electrons. The van der Waals surface area contributed by atoms with Crippen molar-refractivity contribution in [3.8, 4) is 0 Å². The first-order valence-corrected chi connectivity index (χ1v) is 3.61. The topological polar surface area (TPSA) is 65.5 Å². The second kappa shape index (κ2) is 3.21. The Morgan fingerprint density at radius 3 is 2.92 bits per heavy atom. The number of hydrogen-bond donors (Lipinski definition) is 2. The Morgan fingerprint density at radius 2 is 2.33 bits per heavy atom. The predicted molar refractivity (Wildman–Crippen MR) is 50.0 cm³/mol. The first kappa shape index (κ1) is 8.52. The van der Waals surface area contributed by atoms with Crippen LogP contribution in [0.25, 0.3) is 0 Å². The van der Waals surface area contributed by atoms with E-state index in [1.807, 2.05) is 18.9 Å². The molecule has 0 saturated heterocycles. The van der Waals surface area contributed by atoms with Crippen LogP contribution in [0.2, 0.25) is 0 Å². The number of likely N-dealkylation sites (N-methyl/N-ethyl adjacent to an activating group) is 1. The molecule has 0 unspecified atom stereocenters. The van der Waals surface area contributed by atoms with Gasteiger partial charge in [0.2, 0.25) is 0 Å². The van der Waals surface area contributed by atoms with E-state index < -0.39 is 0 Å². The summed E-state index contributed by atoms with van der Waals surface area (Å²) in [7, 11) is 1.87. The van der Waals surface area contributed by atoms with E-state index in [4.69, 9.17) is 11.1 Å². The van der Waals surface area contributed by atoms with E-state index in [0.29, 0.717) is 5.82 Å². The van der Waals surface area contributed by atoms with Crippen LogP contribution < -0.4 is 5.73 Å². The van der Waals surface area contributed by atoms with Crippen LogP contribution in [0.15, 0.2) is 28.2 Å². The molecule has 0 aliphatic carbocycles. The van der Waals surface area contributed by atoms with Crippen molar-refractivity contribution in [1.29, 1.82) is 5.41 Å². The SMILES string of the molecule is CC1=C(N)N=CN(C)C1=CC=N. The van der Waals surface area contributed by atoms with Gasteiger partial charge in [0.05, 0.1) is 6.34 Å². The highest BCUT2D eigenvalue weighted by atomic mass is 15.2. The highest BCUT2D eigenvalue weighted by Gasteiger charge is 2.11. The molecule has 0 saturated carbocycles. The summed E-state index contributed by atoms with van der Waals surface area (Å²) in [6, 6.07) is 0. The van der Waals surface area contributed by atoms with Crippen LogP contribution in [-0.2, 0) is 0 Å². The molecular formula is C8H12N4. The third-order valence-electron chi connectivity index (χ3n) is 1.76. The van der Waals surface area contributed by atoms with Gasteiger partial charge in [-0.25, -0.2) is 4.99 Å². The summed E-state index contributed by atoms with van der Waals surface area (Å²) in [6.45, 7) is 1.89. The molecular weight excluding hydrogens is 152 g/mol. The van der Waals surface area contributed by atoms with Gasteiger partial charge in [0, 0.05) is 24.5 Å². The van der Waals surface area contributed by atoms with Crippen LogP contribution in [0.5, 0.6) is 0 Å². The van der Waals surface area contributed by atoms with Gasteiger partial charge in [0.15, 0.2) is 0 Å². The molecule has 1 rings (SSSR count). The van der Waals surface area contributed by atoms with E-state index in [1.54, 1.807) is 12.4 Å². The van der Waals surface area contributed by atoms with E-state index in [2.05, 4.69) is 4.99 Å². The largest absolute Gasteiger partial charge is 0.383 e. The molecule has 0 amide bonds. The summed E-state index contributed by atoms with van der Waals surface area (Å²) in [6.07, 6.45) is 4.56. The Bertz CT molecular complexity index is 285. The van der Waals surface area contributed by atoms with Crippen molar-refractivity contribution >= 4 is 12.6 Å². The van der Waals surface area contributed by atoms with Crippen LogP contribution in [0.4, 0.5) is 0 Å². The normalized spacial score (nSPS) is 20.5. The molecule has 12 heavy (non-hydrogen) atoms. The van der Waals surface area contributed by atoms with Gasteiger partial charge in [-0.15, -0.1) is 0 Å². The molecule has 0 aromatic heterocycles. The molecule has 0 spiro atoms. The van der Waals surface area contributed by atoms with Crippen molar-refractivity contribution in [3.63, 3.8) is 0 Å². The van der Waals surface area contributed by atoms with Gasteiger partial charge in [-0.05, 0) is 13.0 Å². The maximum absolute atomic E-state index is 6.95. The highest BCUT2D eigenvalue weighted by molar-refractivity contribution is 5.74. The van der Waals surface area contributed by atoms with E-state index in [0.717, 1.165) is 11.3 Å². The first-order chi connectivity index (χ1) is 5.66. The Morgan fingerprint density at radius 1 is 1.67 bits per heavy atom. The molecule has 1 aliphatic heterocycles. The van der Waals surface area contributed by atoms with Crippen molar-refractivity contribution < 1.29 is 0 Å². The zero-order valence-electron chi connectivity index (χ0n) is 7.20. The fourth-order valence-corrected chi connectivity index (χ4v) is 1.03. The van der Waals surface area contributed by atoms with Gasteiger partial charge in [0.1, 0.15) is 5.82 Å². The van der Waals surface area contributed by atoms with Crippen LogP contribution in [0.3, 0.4) is 0 Å². The lowest BCUT2D eigenvalue weighted by molar-refractivity contribution is 0.641. The Balaban J connectivity index is 3.08. The highest BCUT2D eigenvalue weighted by Crippen LogP contribution is 2.17. The molecule has 0 atom stereocenters. The fourth-order valence-electron chi connectivity index (χ4n) is 1.03. The van der Waals surface area contributed by atoms with Gasteiger partial charge >= 0.3 is 0 Å². The molecule has 4 nitrogen and oxygen atoms in total. The minimum atomic E-state index is 0.515. The van der Waals surface area contributed by atoms with Gasteiger partial charge in [-0.1, -0.05) is 0 Å². The molecule has 1 aliphatic rings. The summed E-state index contributed by atoms with van der Waals surface area (Å²) >= 11 is 0. The summed E-state index contributed by atoms with van der Waals surface area (Å²) in [5.41, 5.74) is 7.42. The van der Waals surface area contributed by atoms with Crippen LogP contribution in [-0.4, -0.2) is 24.5 Å². The third-order valence-corrected chi connectivity index (χ3v) is 1.76. The molecule has 0 radical (unpaired) electrons. The second-order valence-electron chi connectivity index (χ2n) is 2.58. The van der Waals surface area contributed by atoms with Crippen molar-refractivity contribution in [2.75, 3.05) is 7.05 Å². The van der Waals surface area contributed by atoms with Crippen LogP contribution in [0, 0.1) is 5.41 Å². The van der Waals surface area contributed by atoms with Crippen LogP contribution >= 0.6 is 0 Å². The number of aliphatic imine (C=N–C) groups is 1. The van der Waals surface area contributed by atoms with Gasteiger partial charge in [-0.3, -0.25) is 0 Å². The van der Waals surface area contributed by atoms with E-state index in [1.165, 1.54) is 6.21 Å². The quantitative estimate of drug-likeness (QED) is 0.560. The number of nitrogens with two attached hydrogens (primary N) is 1. The lowest BCUT2D eigenvalue weighted by Crippen LogP contribution is -2.22. The Hall–Kier alpha value is -1.58. The Labute approximate surface area is 71.6 Å². The zero-order chi connectivity index (χ0) is 9.14. The molecule has 3 N–H and O–H groups in total. The van der Waals surface area contributed by atoms with Crippen molar-refractivity contribution in [2.24, 2.45) is 10.7 Å². The molecule has 4 heteroatoms. The lowest BCUT2D eigenvalue weighted by atomic mass is 10.2.